The summed E-state index contributed by atoms with van der Waals surface area (Å²) >= 11 is 0. The van der Waals surface area contributed by atoms with Crippen LogP contribution in [0.1, 0.15) is 5.82 Å². The number of hydrogen-bond acceptors (Lipinski definition) is 4. The molecule has 0 aliphatic carbocycles. The number of nitrogens with one attached hydrogen (secondary N) is 3. The van der Waals surface area contributed by atoms with Crippen LogP contribution in [0.25, 0.3) is 5.43 Å². The molecule has 3 N–H and O–H groups in total. The number of hydrogen-bond donors (Lipinski definition) is 3. The molecule has 0 fully saturated rings. The van der Waals surface area contributed by atoms with E-state index in [1.807, 2.05) is 0 Å². The van der Waals surface area contributed by atoms with Crippen molar-refractivity contribution in [3.63, 3.8) is 0 Å². The number of H-pyrrole nitrogens is 1. The first-order valence-electron chi connectivity index (χ1n) is 3.10. The Hall–Kier alpha value is -0.898. The van der Waals surface area contributed by atoms with E-state index in [0.717, 1.165) is 0 Å². The summed E-state index contributed by atoms with van der Waals surface area (Å²) < 4.78 is 0. The minimum atomic E-state index is -0.207. The third-order valence-corrected chi connectivity index (χ3v) is 1.36. The summed E-state index contributed by atoms with van der Waals surface area (Å²) in [5.41, 5.74) is 8.91. The zero-order valence-electron chi connectivity index (χ0n) is 6.18. The Balaban J connectivity index is 0.000000720. The number of aryl methyl sites for hydroxylation is 1. The van der Waals surface area contributed by atoms with Gasteiger partial charge in [-0.15, -0.1) is 0 Å². The molecule has 0 aromatic carbocycles. The minimum Gasteiger partial charge on any atom is -0.423 e. The Morgan fingerprint density at radius 1 is 1.50 bits per heavy atom. The molecule has 1 aromatic heterocycles. The van der Waals surface area contributed by atoms with Crippen LogP contribution in [0, 0.1) is 6.92 Å². The van der Waals surface area contributed by atoms with Gasteiger partial charge in [-0.2, -0.15) is 0 Å². The van der Waals surface area contributed by atoms with Crippen molar-refractivity contribution in [2.45, 2.75) is 6.92 Å². The van der Waals surface area contributed by atoms with Gasteiger partial charge in [0.2, 0.25) is 0 Å². The maximum atomic E-state index is 11.1. The van der Waals surface area contributed by atoms with Crippen molar-refractivity contribution in [3.05, 3.63) is 21.6 Å². The van der Waals surface area contributed by atoms with E-state index in [-0.39, 0.29) is 26.0 Å². The first-order valence-corrected chi connectivity index (χ1v) is 3.10. The summed E-state index contributed by atoms with van der Waals surface area (Å²) in [7, 11) is 0. The van der Waals surface area contributed by atoms with Crippen LogP contribution in [-0.2, 0) is 20.4 Å². The molecule has 0 bridgehead atoms. The Morgan fingerprint density at radius 3 is 3.00 bits per heavy atom. The summed E-state index contributed by atoms with van der Waals surface area (Å²) in [6, 6.07) is 0. The average Bonchev–Trinajstić information content (AvgIpc) is 2.34. The van der Waals surface area contributed by atoms with Gasteiger partial charge in [-0.05, 0) is 12.7 Å². The zero-order chi connectivity index (χ0) is 7.84. The van der Waals surface area contributed by atoms with E-state index in [4.69, 9.17) is 0 Å². The number of nitrogens with zero attached hydrogens (tertiary/aromatic N) is 2. The summed E-state index contributed by atoms with van der Waals surface area (Å²) in [6.07, 6.45) is 0. The molecule has 0 atom stereocenters. The number of anilines is 1. The molecule has 1 aromatic rings. The van der Waals surface area contributed by atoms with Crippen molar-refractivity contribution in [2.75, 3.05) is 5.43 Å². The summed E-state index contributed by atoms with van der Waals surface area (Å²) in [6.45, 7) is 1.70. The van der Waals surface area contributed by atoms with Crippen LogP contribution in [-0.4, -0.2) is 9.97 Å². The van der Waals surface area contributed by atoms with Crippen molar-refractivity contribution in [1.82, 2.24) is 15.5 Å². The topological polar surface area (TPSA) is 83.9 Å². The maximum absolute atomic E-state index is 11.1. The fraction of sp³-hybridized carbons (Fsp3) is 0.200. The van der Waals surface area contributed by atoms with Gasteiger partial charge in [-0.25, -0.2) is 5.53 Å². The molecule has 2 heterocycles. The van der Waals surface area contributed by atoms with Gasteiger partial charge in [0.05, 0.1) is 0 Å². The Bertz CT molecular complexity index is 348. The van der Waals surface area contributed by atoms with Crippen LogP contribution in [0.2, 0.25) is 0 Å². The molecule has 7 heteroatoms. The van der Waals surface area contributed by atoms with Crippen molar-refractivity contribution in [3.8, 4) is 0 Å². The Labute approximate surface area is 81.8 Å². The van der Waals surface area contributed by atoms with Gasteiger partial charge >= 0.3 is 0 Å². The summed E-state index contributed by atoms with van der Waals surface area (Å²) in [4.78, 5) is 17.6. The SMILES string of the molecule is Cc1nc2c(c(=O)[nH]1)NN[N-]2.[Re]. The van der Waals surface area contributed by atoms with E-state index < -0.39 is 0 Å². The fourth-order valence-electron chi connectivity index (χ4n) is 0.901. The smallest absolute Gasteiger partial charge is 0.272 e. The van der Waals surface area contributed by atoms with E-state index in [1.165, 1.54) is 0 Å². The molecule has 12 heavy (non-hydrogen) atoms. The van der Waals surface area contributed by atoms with Crippen LogP contribution >= 0.6 is 0 Å². The largest absolute Gasteiger partial charge is 0.423 e. The molecule has 1 aliphatic heterocycles. The molecule has 1 aliphatic rings. The van der Waals surface area contributed by atoms with Gasteiger partial charge in [0.25, 0.3) is 5.56 Å². The zero-order valence-corrected chi connectivity index (χ0v) is 8.90. The standard InChI is InChI=1S/C5H7N5O.Re/c1-2-6-4-3(5(11)7-2)8-10-9-4;/h8,10H,1H3,(H2,6,7,9,11);/p-1. The third kappa shape index (κ3) is 1.34. The first kappa shape index (κ1) is 9.19. The molecule has 0 spiro atoms. The molecule has 0 unspecified atom stereocenters. The molecular formula is C5H6N5ORe-. The predicted octanol–water partition coefficient (Wildman–Crippen LogP) is -0.0739. The van der Waals surface area contributed by atoms with Crippen LogP contribution in [0.4, 0.5) is 11.5 Å². The second kappa shape index (κ2) is 3.23. The van der Waals surface area contributed by atoms with E-state index in [2.05, 4.69) is 26.4 Å². The number of hydrazine groups is 1. The second-order valence-corrected chi connectivity index (χ2v) is 2.20. The third-order valence-electron chi connectivity index (χ3n) is 1.36. The number of fused-ring (bicyclic) bond motifs is 1. The molecule has 0 saturated carbocycles. The van der Waals surface area contributed by atoms with Gasteiger partial charge in [0.1, 0.15) is 5.69 Å². The Kier molecular flexibility index (Phi) is 2.47. The molecule has 0 amide bonds. The average molecular weight is 338 g/mol. The van der Waals surface area contributed by atoms with Gasteiger partial charge in [0, 0.05) is 26.2 Å². The van der Waals surface area contributed by atoms with Crippen LogP contribution in [0.15, 0.2) is 4.79 Å². The van der Waals surface area contributed by atoms with Gasteiger partial charge in [-0.3, -0.25) is 4.79 Å². The number of aromatic nitrogens is 2. The normalized spacial score (nSPS) is 12.4. The first-order chi connectivity index (χ1) is 5.27. The minimum absolute atomic E-state index is 0. The van der Waals surface area contributed by atoms with Crippen molar-refractivity contribution in [1.29, 1.82) is 0 Å². The number of rotatable bonds is 0. The van der Waals surface area contributed by atoms with Crippen molar-refractivity contribution < 1.29 is 20.4 Å². The van der Waals surface area contributed by atoms with Crippen LogP contribution in [0.5, 0.6) is 0 Å². The van der Waals surface area contributed by atoms with E-state index >= 15 is 0 Å². The monoisotopic (exact) mass is 339 g/mol. The quantitative estimate of drug-likeness (QED) is 0.618. The summed E-state index contributed by atoms with van der Waals surface area (Å²) in [5.74, 6) is 0.967. The van der Waals surface area contributed by atoms with E-state index in [1.54, 1.807) is 6.92 Å². The fourth-order valence-corrected chi connectivity index (χ4v) is 0.901. The molecule has 1 radical (unpaired) electrons. The predicted molar refractivity (Wildman–Crippen MR) is 39.4 cm³/mol. The van der Waals surface area contributed by atoms with Crippen molar-refractivity contribution in [2.24, 2.45) is 0 Å². The molecule has 2 rings (SSSR count). The van der Waals surface area contributed by atoms with Gasteiger partial charge in [-0.1, -0.05) is 0 Å². The summed E-state index contributed by atoms with van der Waals surface area (Å²) in [5, 5.41) is 0. The number of aromatic amines is 1. The molecular weight excluding hydrogens is 332 g/mol. The second-order valence-electron chi connectivity index (χ2n) is 2.20. The van der Waals surface area contributed by atoms with E-state index in [0.29, 0.717) is 17.3 Å². The van der Waals surface area contributed by atoms with Crippen molar-refractivity contribution >= 4 is 11.5 Å². The van der Waals surface area contributed by atoms with Crippen LogP contribution in [0.3, 0.4) is 0 Å². The van der Waals surface area contributed by atoms with E-state index in [9.17, 15) is 4.79 Å². The van der Waals surface area contributed by atoms with Gasteiger partial charge < -0.3 is 20.8 Å². The van der Waals surface area contributed by atoms with Crippen LogP contribution < -0.4 is 16.5 Å². The molecule has 6 nitrogen and oxygen atoms in total. The Morgan fingerprint density at radius 2 is 2.25 bits per heavy atom. The molecule has 65 valence electrons. The van der Waals surface area contributed by atoms with Gasteiger partial charge in [0.15, 0.2) is 0 Å². The maximum Gasteiger partial charge on any atom is 0.272 e. The molecule has 0 saturated heterocycles.